The van der Waals surface area contributed by atoms with Crippen molar-refractivity contribution in [3.8, 4) is 0 Å². The molecule has 0 radical (unpaired) electrons. The van der Waals surface area contributed by atoms with Gasteiger partial charge >= 0.3 is 0 Å². The lowest BCUT2D eigenvalue weighted by Crippen LogP contribution is -2.29. The van der Waals surface area contributed by atoms with E-state index in [4.69, 9.17) is 11.5 Å². The Hall–Kier alpha value is -3.11. The Balaban J connectivity index is 1.37. The third-order valence-electron chi connectivity index (χ3n) is 6.42. The molecule has 4 nitrogen and oxygen atoms in total. The number of anilines is 2. The van der Waals surface area contributed by atoms with Crippen LogP contribution in [0.2, 0.25) is 0 Å². The summed E-state index contributed by atoms with van der Waals surface area (Å²) >= 11 is 0. The van der Waals surface area contributed by atoms with Crippen LogP contribution in [-0.4, -0.2) is 12.5 Å². The zero-order valence-electron chi connectivity index (χ0n) is 16.3. The van der Waals surface area contributed by atoms with Gasteiger partial charge in [0.15, 0.2) is 0 Å². The summed E-state index contributed by atoms with van der Waals surface area (Å²) in [6.07, 6.45) is 2.84. The first kappa shape index (κ1) is 18.0. The molecule has 0 saturated heterocycles. The fourth-order valence-corrected chi connectivity index (χ4v) is 4.82. The Morgan fingerprint density at radius 1 is 0.931 bits per heavy atom. The molecule has 1 heterocycles. The summed E-state index contributed by atoms with van der Waals surface area (Å²) in [4.78, 5) is 14.9. The molecule has 4 heteroatoms. The molecule has 0 spiro atoms. The fraction of sp³-hybridized carbons (Fsp3) is 0.240. The minimum Gasteiger partial charge on any atom is -0.398 e. The van der Waals surface area contributed by atoms with Crippen molar-refractivity contribution in [1.29, 1.82) is 0 Å². The molecular weight excluding hydrogens is 358 g/mol. The van der Waals surface area contributed by atoms with Gasteiger partial charge in [0, 0.05) is 29.5 Å². The van der Waals surface area contributed by atoms with Crippen molar-refractivity contribution in [2.24, 2.45) is 11.7 Å². The molecule has 1 aliphatic heterocycles. The number of carbonyl (C=O) groups excluding carboxylic acids is 1. The SMILES string of the molecule is Nc1cc(C(=O)N2CCc3ccccc32)ccc1C(N)C1Cc2ccccc2C1. The Bertz CT molecular complexity index is 1070. The molecule has 146 valence electrons. The van der Waals surface area contributed by atoms with Crippen molar-refractivity contribution < 1.29 is 4.79 Å². The molecule has 1 amide bonds. The summed E-state index contributed by atoms with van der Waals surface area (Å²) in [5, 5.41) is 0. The van der Waals surface area contributed by atoms with Gasteiger partial charge in [0.25, 0.3) is 5.91 Å². The number of hydrogen-bond acceptors (Lipinski definition) is 3. The van der Waals surface area contributed by atoms with Crippen molar-refractivity contribution >= 4 is 17.3 Å². The molecule has 5 rings (SSSR count). The summed E-state index contributed by atoms with van der Waals surface area (Å²) in [5.41, 5.74) is 20.1. The van der Waals surface area contributed by atoms with E-state index in [1.165, 1.54) is 16.7 Å². The van der Waals surface area contributed by atoms with Crippen molar-refractivity contribution in [2.45, 2.75) is 25.3 Å². The van der Waals surface area contributed by atoms with Crippen LogP contribution in [0.3, 0.4) is 0 Å². The minimum absolute atomic E-state index is 0.00459. The zero-order valence-corrected chi connectivity index (χ0v) is 16.3. The first-order valence-corrected chi connectivity index (χ1v) is 10.2. The van der Waals surface area contributed by atoms with E-state index in [2.05, 4.69) is 30.3 Å². The monoisotopic (exact) mass is 383 g/mol. The number of carbonyl (C=O) groups is 1. The lowest BCUT2D eigenvalue weighted by atomic mass is 9.89. The highest BCUT2D eigenvalue weighted by molar-refractivity contribution is 6.07. The number of rotatable bonds is 3. The molecule has 1 atom stereocenters. The Morgan fingerprint density at radius 3 is 2.28 bits per heavy atom. The smallest absolute Gasteiger partial charge is 0.258 e. The van der Waals surface area contributed by atoms with E-state index < -0.39 is 0 Å². The van der Waals surface area contributed by atoms with E-state index in [9.17, 15) is 4.79 Å². The molecule has 0 aromatic heterocycles. The van der Waals surface area contributed by atoms with Crippen molar-refractivity contribution in [1.82, 2.24) is 0 Å². The van der Waals surface area contributed by atoms with Gasteiger partial charge in [-0.05, 0) is 65.6 Å². The van der Waals surface area contributed by atoms with Gasteiger partial charge in [0.05, 0.1) is 0 Å². The Labute approximate surface area is 171 Å². The van der Waals surface area contributed by atoms with Crippen molar-refractivity contribution in [2.75, 3.05) is 17.2 Å². The van der Waals surface area contributed by atoms with Crippen LogP contribution in [-0.2, 0) is 19.3 Å². The molecule has 0 fully saturated rings. The second kappa shape index (κ2) is 7.05. The number of hydrogen-bond donors (Lipinski definition) is 2. The minimum atomic E-state index is -0.140. The van der Waals surface area contributed by atoms with Crippen LogP contribution < -0.4 is 16.4 Å². The van der Waals surface area contributed by atoms with Gasteiger partial charge in [-0.1, -0.05) is 48.5 Å². The maximum Gasteiger partial charge on any atom is 0.258 e. The van der Waals surface area contributed by atoms with Gasteiger partial charge in [-0.25, -0.2) is 0 Å². The van der Waals surface area contributed by atoms with E-state index in [1.807, 2.05) is 35.2 Å². The van der Waals surface area contributed by atoms with Crippen molar-refractivity contribution in [3.63, 3.8) is 0 Å². The van der Waals surface area contributed by atoms with Gasteiger partial charge in [-0.3, -0.25) is 4.79 Å². The van der Waals surface area contributed by atoms with Crippen LogP contribution in [0.4, 0.5) is 11.4 Å². The second-order valence-corrected chi connectivity index (χ2v) is 8.14. The standard InChI is InChI=1S/C25H25N3O/c26-22-15-19(25(29)28-12-11-16-5-3-4-8-23(16)28)9-10-21(22)24(27)20-13-17-6-1-2-7-18(17)14-20/h1-10,15,20,24H,11-14,26-27H2. The summed E-state index contributed by atoms with van der Waals surface area (Å²) in [6.45, 7) is 0.708. The topological polar surface area (TPSA) is 72.4 Å². The molecule has 4 N–H and O–H groups in total. The fourth-order valence-electron chi connectivity index (χ4n) is 4.82. The van der Waals surface area contributed by atoms with Crippen LogP contribution in [0.25, 0.3) is 0 Å². The zero-order chi connectivity index (χ0) is 20.0. The van der Waals surface area contributed by atoms with Crippen LogP contribution in [0.5, 0.6) is 0 Å². The molecule has 1 unspecified atom stereocenters. The molecule has 3 aromatic rings. The number of nitrogens with zero attached hydrogens (tertiary/aromatic N) is 1. The normalized spacial score (nSPS) is 16.5. The number of fused-ring (bicyclic) bond motifs is 2. The Morgan fingerprint density at radius 2 is 1.59 bits per heavy atom. The van der Waals surface area contributed by atoms with E-state index in [1.54, 1.807) is 6.07 Å². The maximum atomic E-state index is 13.1. The van der Waals surface area contributed by atoms with Crippen LogP contribution in [0.15, 0.2) is 66.7 Å². The average molecular weight is 383 g/mol. The highest BCUT2D eigenvalue weighted by atomic mass is 16.2. The van der Waals surface area contributed by atoms with Gasteiger partial charge in [-0.15, -0.1) is 0 Å². The predicted octanol–water partition coefficient (Wildman–Crippen LogP) is 3.89. The number of nitrogens with two attached hydrogens (primary N) is 2. The highest BCUT2D eigenvalue weighted by Crippen LogP contribution is 2.36. The van der Waals surface area contributed by atoms with Gasteiger partial charge < -0.3 is 16.4 Å². The molecule has 0 bridgehead atoms. The predicted molar refractivity (Wildman–Crippen MR) is 117 cm³/mol. The van der Waals surface area contributed by atoms with Crippen LogP contribution >= 0.6 is 0 Å². The molecule has 2 aliphatic rings. The van der Waals surface area contributed by atoms with Gasteiger partial charge in [-0.2, -0.15) is 0 Å². The third-order valence-corrected chi connectivity index (χ3v) is 6.42. The largest absolute Gasteiger partial charge is 0.398 e. The number of benzene rings is 3. The molecule has 29 heavy (non-hydrogen) atoms. The molecule has 1 aliphatic carbocycles. The quantitative estimate of drug-likeness (QED) is 0.674. The lowest BCUT2D eigenvalue weighted by Gasteiger charge is -2.22. The summed E-state index contributed by atoms with van der Waals surface area (Å²) in [7, 11) is 0. The maximum absolute atomic E-state index is 13.1. The first-order chi connectivity index (χ1) is 14.1. The first-order valence-electron chi connectivity index (χ1n) is 10.2. The molecular formula is C25H25N3O. The number of para-hydroxylation sites is 1. The Kier molecular flexibility index (Phi) is 4.36. The lowest BCUT2D eigenvalue weighted by molar-refractivity contribution is 0.0989. The summed E-state index contributed by atoms with van der Waals surface area (Å²) in [5.74, 6) is 0.330. The summed E-state index contributed by atoms with van der Waals surface area (Å²) < 4.78 is 0. The van der Waals surface area contributed by atoms with E-state index >= 15 is 0 Å². The van der Waals surface area contributed by atoms with Crippen LogP contribution in [0, 0.1) is 5.92 Å². The number of amides is 1. The number of nitrogen functional groups attached to an aromatic ring is 1. The van der Waals surface area contributed by atoms with E-state index in [-0.39, 0.29) is 11.9 Å². The third kappa shape index (κ3) is 3.10. The van der Waals surface area contributed by atoms with Gasteiger partial charge in [0.1, 0.15) is 0 Å². The van der Waals surface area contributed by atoms with Crippen molar-refractivity contribution in [3.05, 3.63) is 94.5 Å². The average Bonchev–Trinajstić information content (AvgIpc) is 3.37. The second-order valence-electron chi connectivity index (χ2n) is 8.14. The summed E-state index contributed by atoms with van der Waals surface area (Å²) in [6, 6.07) is 22.1. The van der Waals surface area contributed by atoms with E-state index in [0.29, 0.717) is 23.7 Å². The highest BCUT2D eigenvalue weighted by Gasteiger charge is 2.29. The van der Waals surface area contributed by atoms with Crippen LogP contribution in [0.1, 0.15) is 38.7 Å². The van der Waals surface area contributed by atoms with E-state index in [0.717, 1.165) is 30.5 Å². The van der Waals surface area contributed by atoms with Gasteiger partial charge in [0.2, 0.25) is 0 Å². The molecule has 0 saturated carbocycles. The molecule has 3 aromatic carbocycles.